The van der Waals surface area contributed by atoms with Crippen molar-refractivity contribution in [2.45, 2.75) is 0 Å². The number of aromatic amines is 1. The number of fused-ring (bicyclic) bond motifs is 1. The molecule has 5 heteroatoms. The summed E-state index contributed by atoms with van der Waals surface area (Å²) in [5.74, 6) is 0. The number of H-pyrrole nitrogens is 1. The van der Waals surface area contributed by atoms with Gasteiger partial charge < -0.3 is 10.3 Å². The number of amides is 1. The van der Waals surface area contributed by atoms with E-state index < -0.39 is 0 Å². The molecule has 0 unspecified atom stereocenters. The van der Waals surface area contributed by atoms with Gasteiger partial charge in [-0.3, -0.25) is 9.59 Å². The van der Waals surface area contributed by atoms with Crippen LogP contribution in [0.1, 0.15) is 0 Å². The van der Waals surface area contributed by atoms with Crippen LogP contribution in [0.25, 0.3) is 11.0 Å². The molecular weight excluding hydrogens is 182 g/mol. The summed E-state index contributed by atoms with van der Waals surface area (Å²) < 4.78 is 0. The van der Waals surface area contributed by atoms with Crippen LogP contribution in [-0.4, -0.2) is 16.4 Å². The Morgan fingerprint density at radius 1 is 1.50 bits per heavy atom. The van der Waals surface area contributed by atoms with Crippen molar-refractivity contribution in [2.75, 3.05) is 5.32 Å². The van der Waals surface area contributed by atoms with E-state index in [0.29, 0.717) is 17.4 Å². The number of nitrogens with zero attached hydrogens (tertiary/aromatic N) is 1. The maximum atomic E-state index is 11.6. The van der Waals surface area contributed by atoms with Gasteiger partial charge in [0.25, 0.3) is 0 Å². The normalized spacial score (nSPS) is 10.0. The van der Waals surface area contributed by atoms with Crippen LogP contribution < -0.4 is 10.7 Å². The molecule has 0 bridgehead atoms. The van der Waals surface area contributed by atoms with E-state index in [0.717, 1.165) is 0 Å². The third-order valence-electron chi connectivity index (χ3n) is 1.86. The maximum Gasteiger partial charge on any atom is 0.214 e. The second-order valence-electron chi connectivity index (χ2n) is 2.69. The van der Waals surface area contributed by atoms with Crippen LogP contribution in [0.3, 0.4) is 0 Å². The second kappa shape index (κ2) is 3.29. The molecular formula is C9H7N3O2. The molecule has 0 radical (unpaired) electrons. The summed E-state index contributed by atoms with van der Waals surface area (Å²) in [5, 5.41) is 2.77. The van der Waals surface area contributed by atoms with Gasteiger partial charge in [0.05, 0.1) is 5.39 Å². The molecule has 0 spiro atoms. The van der Waals surface area contributed by atoms with Crippen LogP contribution in [0.15, 0.2) is 29.3 Å². The average Bonchev–Trinajstić information content (AvgIpc) is 2.23. The van der Waals surface area contributed by atoms with Crippen molar-refractivity contribution in [2.24, 2.45) is 0 Å². The number of hydrogen-bond acceptors (Lipinski definition) is 3. The predicted molar refractivity (Wildman–Crippen MR) is 52.1 cm³/mol. The Balaban J connectivity index is 2.75. The van der Waals surface area contributed by atoms with Crippen LogP contribution in [0.5, 0.6) is 0 Å². The molecule has 0 aromatic carbocycles. The Bertz CT molecular complexity index is 533. The van der Waals surface area contributed by atoms with E-state index in [2.05, 4.69) is 15.3 Å². The molecule has 14 heavy (non-hydrogen) atoms. The predicted octanol–water partition coefficient (Wildman–Crippen LogP) is 0.491. The zero-order valence-corrected chi connectivity index (χ0v) is 7.15. The Morgan fingerprint density at radius 3 is 3.14 bits per heavy atom. The van der Waals surface area contributed by atoms with Crippen LogP contribution in [0.2, 0.25) is 0 Å². The number of carbonyl (C=O) groups excluding carboxylic acids is 1. The van der Waals surface area contributed by atoms with E-state index in [1.54, 1.807) is 18.3 Å². The van der Waals surface area contributed by atoms with Crippen LogP contribution in [-0.2, 0) is 4.79 Å². The first-order valence-electron chi connectivity index (χ1n) is 3.99. The first-order chi connectivity index (χ1) is 6.83. The van der Waals surface area contributed by atoms with Crippen molar-refractivity contribution in [3.63, 3.8) is 0 Å². The fraction of sp³-hybridized carbons (Fsp3) is 0. The third-order valence-corrected chi connectivity index (χ3v) is 1.86. The van der Waals surface area contributed by atoms with Crippen molar-refractivity contribution < 1.29 is 4.79 Å². The van der Waals surface area contributed by atoms with Gasteiger partial charge in [-0.1, -0.05) is 0 Å². The van der Waals surface area contributed by atoms with Crippen LogP contribution in [0, 0.1) is 0 Å². The lowest BCUT2D eigenvalue weighted by molar-refractivity contribution is -0.105. The molecule has 2 N–H and O–H groups in total. The average molecular weight is 189 g/mol. The molecule has 5 nitrogen and oxygen atoms in total. The fourth-order valence-electron chi connectivity index (χ4n) is 1.23. The van der Waals surface area contributed by atoms with E-state index in [9.17, 15) is 9.59 Å². The minimum atomic E-state index is -0.237. The van der Waals surface area contributed by atoms with Crippen molar-refractivity contribution >= 4 is 23.1 Å². The van der Waals surface area contributed by atoms with Gasteiger partial charge in [-0.05, 0) is 12.1 Å². The molecule has 2 aromatic heterocycles. The number of hydrogen-bond donors (Lipinski definition) is 2. The number of nitrogens with one attached hydrogen (secondary N) is 2. The summed E-state index contributed by atoms with van der Waals surface area (Å²) >= 11 is 0. The topological polar surface area (TPSA) is 74.8 Å². The molecule has 0 aliphatic rings. The van der Waals surface area contributed by atoms with Gasteiger partial charge in [0, 0.05) is 12.4 Å². The smallest absolute Gasteiger partial charge is 0.214 e. The summed E-state index contributed by atoms with van der Waals surface area (Å²) in [6.45, 7) is 0. The van der Waals surface area contributed by atoms with E-state index in [4.69, 9.17) is 0 Å². The monoisotopic (exact) mass is 189 g/mol. The van der Waals surface area contributed by atoms with Crippen LogP contribution in [0.4, 0.5) is 5.69 Å². The Morgan fingerprint density at radius 2 is 2.36 bits per heavy atom. The second-order valence-corrected chi connectivity index (χ2v) is 2.69. The zero-order valence-electron chi connectivity index (χ0n) is 7.15. The lowest BCUT2D eigenvalue weighted by atomic mass is 10.2. The van der Waals surface area contributed by atoms with Crippen molar-refractivity contribution in [1.29, 1.82) is 0 Å². The number of anilines is 1. The highest BCUT2D eigenvalue weighted by Crippen LogP contribution is 2.05. The highest BCUT2D eigenvalue weighted by molar-refractivity contribution is 5.81. The fourth-order valence-corrected chi connectivity index (χ4v) is 1.23. The van der Waals surface area contributed by atoms with Gasteiger partial charge in [-0.15, -0.1) is 0 Å². The highest BCUT2D eigenvalue weighted by Gasteiger charge is 2.03. The molecule has 0 saturated carbocycles. The SMILES string of the molecule is O=CNc1c[nH]c2ncccc2c1=O. The minimum Gasteiger partial charge on any atom is -0.344 e. The van der Waals surface area contributed by atoms with E-state index in [1.807, 2.05) is 0 Å². The lowest BCUT2D eigenvalue weighted by Gasteiger charge is -1.99. The molecule has 0 aliphatic carbocycles. The minimum absolute atomic E-state index is 0.223. The van der Waals surface area contributed by atoms with Crippen LogP contribution >= 0.6 is 0 Å². The molecule has 0 saturated heterocycles. The largest absolute Gasteiger partial charge is 0.344 e. The van der Waals surface area contributed by atoms with E-state index in [-0.39, 0.29) is 11.1 Å². The van der Waals surface area contributed by atoms with Gasteiger partial charge in [-0.2, -0.15) is 0 Å². The standard InChI is InChI=1S/C9H7N3O2/c13-5-12-7-4-11-9-6(8(7)14)2-1-3-10-9/h1-5H,(H,12,13)(H,10,11,14). The molecule has 2 aromatic rings. The van der Waals surface area contributed by atoms with E-state index >= 15 is 0 Å². The first kappa shape index (κ1) is 8.43. The number of pyridine rings is 2. The molecule has 0 aliphatic heterocycles. The Kier molecular flexibility index (Phi) is 1.98. The van der Waals surface area contributed by atoms with Gasteiger partial charge in [0.1, 0.15) is 11.3 Å². The molecule has 2 rings (SSSR count). The Labute approximate surface area is 78.8 Å². The summed E-state index contributed by atoms with van der Waals surface area (Å²) in [4.78, 5) is 28.6. The molecule has 70 valence electrons. The number of aromatic nitrogens is 2. The van der Waals surface area contributed by atoms with Gasteiger partial charge in [-0.25, -0.2) is 4.98 Å². The molecule has 0 atom stereocenters. The molecule has 0 fully saturated rings. The zero-order chi connectivity index (χ0) is 9.97. The first-order valence-corrected chi connectivity index (χ1v) is 3.99. The summed E-state index contributed by atoms with van der Waals surface area (Å²) in [7, 11) is 0. The van der Waals surface area contributed by atoms with Crippen molar-refractivity contribution in [3.05, 3.63) is 34.7 Å². The maximum absolute atomic E-state index is 11.6. The van der Waals surface area contributed by atoms with Gasteiger partial charge in [0.15, 0.2) is 0 Å². The lowest BCUT2D eigenvalue weighted by Crippen LogP contribution is -2.11. The van der Waals surface area contributed by atoms with E-state index in [1.165, 1.54) is 6.20 Å². The molecule has 2 heterocycles. The quantitative estimate of drug-likeness (QED) is 0.675. The Hall–Kier alpha value is -2.17. The van der Waals surface area contributed by atoms with Gasteiger partial charge >= 0.3 is 0 Å². The number of carbonyl (C=O) groups is 1. The highest BCUT2D eigenvalue weighted by atomic mass is 16.1. The number of rotatable bonds is 2. The van der Waals surface area contributed by atoms with Crippen molar-refractivity contribution in [3.8, 4) is 0 Å². The summed E-state index contributed by atoms with van der Waals surface area (Å²) in [6, 6.07) is 3.32. The summed E-state index contributed by atoms with van der Waals surface area (Å²) in [6.07, 6.45) is 3.48. The third kappa shape index (κ3) is 1.24. The van der Waals surface area contributed by atoms with Crippen molar-refractivity contribution in [1.82, 2.24) is 9.97 Å². The summed E-state index contributed by atoms with van der Waals surface area (Å²) in [5.41, 5.74) is 0.494. The van der Waals surface area contributed by atoms with Gasteiger partial charge in [0.2, 0.25) is 11.8 Å². The molecule has 1 amide bonds.